The number of nitrogens with zero attached hydrogens (tertiary/aromatic N) is 2. The van der Waals surface area contributed by atoms with Gasteiger partial charge in [-0.3, -0.25) is 19.3 Å². The van der Waals surface area contributed by atoms with Crippen molar-refractivity contribution in [3.05, 3.63) is 138 Å². The summed E-state index contributed by atoms with van der Waals surface area (Å²) in [6.07, 6.45) is 0. The summed E-state index contributed by atoms with van der Waals surface area (Å²) in [6, 6.07) is 36.6. The lowest BCUT2D eigenvalue weighted by Crippen LogP contribution is -2.33. The fourth-order valence-electron chi connectivity index (χ4n) is 4.65. The van der Waals surface area contributed by atoms with Crippen LogP contribution in [0.2, 0.25) is 0 Å². The summed E-state index contributed by atoms with van der Waals surface area (Å²) in [7, 11) is 0. The average Bonchev–Trinajstić information content (AvgIpc) is 3.19. The molecular formula is C31H20N2O3. The standard InChI is InChI=1S/C31H20N2O3/c34-29-25-14-6-7-15-26(25)30(35)33(29)28-17-9-8-16-27(28)31(36)32(23-12-2-1-3-13-23)24-19-18-21-10-4-5-11-22(21)20-24/h1-20H. The number of carbonyl (C=O) groups is 3. The minimum atomic E-state index is -0.437. The molecule has 5 nitrogen and oxygen atoms in total. The van der Waals surface area contributed by atoms with Gasteiger partial charge in [-0.15, -0.1) is 0 Å². The number of hydrogen-bond acceptors (Lipinski definition) is 3. The second-order valence-electron chi connectivity index (χ2n) is 8.52. The summed E-state index contributed by atoms with van der Waals surface area (Å²) in [6.45, 7) is 0. The molecule has 0 aromatic heterocycles. The highest BCUT2D eigenvalue weighted by atomic mass is 16.2. The van der Waals surface area contributed by atoms with Crippen molar-refractivity contribution in [3.8, 4) is 0 Å². The van der Waals surface area contributed by atoms with Gasteiger partial charge >= 0.3 is 0 Å². The highest BCUT2D eigenvalue weighted by Gasteiger charge is 2.38. The van der Waals surface area contributed by atoms with Crippen LogP contribution in [0.1, 0.15) is 31.1 Å². The van der Waals surface area contributed by atoms with Crippen molar-refractivity contribution in [3.63, 3.8) is 0 Å². The third-order valence-corrected chi connectivity index (χ3v) is 6.38. The van der Waals surface area contributed by atoms with Crippen molar-refractivity contribution in [2.45, 2.75) is 0 Å². The smallest absolute Gasteiger partial charge is 0.266 e. The van der Waals surface area contributed by atoms with Gasteiger partial charge in [-0.25, -0.2) is 4.90 Å². The maximum atomic E-state index is 14.2. The van der Waals surface area contributed by atoms with Gasteiger partial charge in [0.25, 0.3) is 17.7 Å². The first-order valence-corrected chi connectivity index (χ1v) is 11.6. The molecule has 36 heavy (non-hydrogen) atoms. The second-order valence-corrected chi connectivity index (χ2v) is 8.52. The molecule has 0 fully saturated rings. The molecule has 1 aliphatic heterocycles. The van der Waals surface area contributed by atoms with Gasteiger partial charge in [-0.05, 0) is 59.3 Å². The third-order valence-electron chi connectivity index (χ3n) is 6.38. The first kappa shape index (κ1) is 21.5. The molecule has 172 valence electrons. The Morgan fingerprint density at radius 1 is 0.556 bits per heavy atom. The average molecular weight is 469 g/mol. The molecule has 5 heteroatoms. The lowest BCUT2D eigenvalue weighted by Gasteiger charge is -2.26. The Morgan fingerprint density at radius 3 is 1.86 bits per heavy atom. The molecule has 1 heterocycles. The number of anilines is 3. The summed E-state index contributed by atoms with van der Waals surface area (Å²) in [5, 5.41) is 2.06. The summed E-state index contributed by atoms with van der Waals surface area (Å²) < 4.78 is 0. The number of hydrogen-bond donors (Lipinski definition) is 0. The van der Waals surface area contributed by atoms with Crippen molar-refractivity contribution >= 4 is 45.6 Å². The minimum absolute atomic E-state index is 0.254. The van der Waals surface area contributed by atoms with Gasteiger partial charge in [0.15, 0.2) is 0 Å². The molecule has 0 N–H and O–H groups in total. The van der Waals surface area contributed by atoms with Crippen LogP contribution in [-0.2, 0) is 0 Å². The summed E-state index contributed by atoms with van der Waals surface area (Å²) in [4.78, 5) is 43.4. The van der Waals surface area contributed by atoms with Crippen LogP contribution in [-0.4, -0.2) is 17.7 Å². The zero-order chi connectivity index (χ0) is 24.6. The zero-order valence-corrected chi connectivity index (χ0v) is 19.2. The molecule has 6 rings (SSSR count). The number of amides is 3. The fourth-order valence-corrected chi connectivity index (χ4v) is 4.65. The number of carbonyl (C=O) groups excluding carboxylic acids is 3. The highest BCUT2D eigenvalue weighted by Crippen LogP contribution is 2.35. The Hall–Kier alpha value is -5.03. The van der Waals surface area contributed by atoms with E-state index in [4.69, 9.17) is 0 Å². The van der Waals surface area contributed by atoms with E-state index in [-0.39, 0.29) is 17.2 Å². The summed E-state index contributed by atoms with van der Waals surface area (Å²) in [5.41, 5.74) is 2.54. The molecule has 0 bridgehead atoms. The first-order chi connectivity index (χ1) is 17.6. The Morgan fingerprint density at radius 2 is 1.14 bits per heavy atom. The topological polar surface area (TPSA) is 57.7 Å². The van der Waals surface area contributed by atoms with Crippen LogP contribution in [0.4, 0.5) is 17.1 Å². The molecule has 5 aromatic carbocycles. The molecule has 0 atom stereocenters. The van der Waals surface area contributed by atoms with E-state index < -0.39 is 11.8 Å². The van der Waals surface area contributed by atoms with E-state index in [1.165, 1.54) is 0 Å². The van der Waals surface area contributed by atoms with Crippen LogP contribution in [0.3, 0.4) is 0 Å². The van der Waals surface area contributed by atoms with Crippen molar-refractivity contribution in [2.24, 2.45) is 0 Å². The quantitative estimate of drug-likeness (QED) is 0.279. The molecule has 5 aromatic rings. The molecule has 0 saturated heterocycles. The second kappa shape index (κ2) is 8.64. The van der Waals surface area contributed by atoms with Crippen molar-refractivity contribution in [2.75, 3.05) is 9.80 Å². The van der Waals surface area contributed by atoms with Crippen LogP contribution in [0.15, 0.2) is 121 Å². The Balaban J connectivity index is 1.49. The third kappa shape index (κ3) is 3.46. The summed E-state index contributed by atoms with van der Waals surface area (Å²) >= 11 is 0. The Bertz CT molecular complexity index is 1620. The molecule has 0 unspecified atom stereocenters. The monoisotopic (exact) mass is 468 g/mol. The van der Waals surface area contributed by atoms with E-state index in [9.17, 15) is 14.4 Å². The van der Waals surface area contributed by atoms with Crippen LogP contribution >= 0.6 is 0 Å². The normalized spacial score (nSPS) is 12.6. The molecular weight excluding hydrogens is 448 g/mol. The van der Waals surface area contributed by atoms with Gasteiger partial charge < -0.3 is 0 Å². The van der Waals surface area contributed by atoms with Gasteiger partial charge in [-0.1, -0.05) is 72.8 Å². The molecule has 3 amide bonds. The van der Waals surface area contributed by atoms with Gasteiger partial charge in [0.2, 0.25) is 0 Å². The summed E-state index contributed by atoms with van der Waals surface area (Å²) in [5.74, 6) is -1.22. The van der Waals surface area contributed by atoms with Crippen molar-refractivity contribution in [1.82, 2.24) is 0 Å². The highest BCUT2D eigenvalue weighted by molar-refractivity contribution is 6.35. The molecule has 0 radical (unpaired) electrons. The number of imide groups is 1. The van der Waals surface area contributed by atoms with E-state index in [1.807, 2.05) is 72.8 Å². The van der Waals surface area contributed by atoms with Crippen LogP contribution < -0.4 is 9.80 Å². The van der Waals surface area contributed by atoms with Crippen molar-refractivity contribution < 1.29 is 14.4 Å². The molecule has 0 spiro atoms. The van der Waals surface area contributed by atoms with E-state index in [2.05, 4.69) is 0 Å². The fraction of sp³-hybridized carbons (Fsp3) is 0. The molecule has 1 aliphatic rings. The largest absolute Gasteiger partial charge is 0.277 e. The van der Waals surface area contributed by atoms with E-state index in [1.54, 1.807) is 53.4 Å². The van der Waals surface area contributed by atoms with Crippen molar-refractivity contribution in [1.29, 1.82) is 0 Å². The van der Waals surface area contributed by atoms with Gasteiger partial charge in [0.05, 0.1) is 22.4 Å². The van der Waals surface area contributed by atoms with Gasteiger partial charge in [0.1, 0.15) is 0 Å². The molecule has 0 aliphatic carbocycles. The Labute approximate surface area is 207 Å². The number of para-hydroxylation sites is 2. The number of rotatable bonds is 4. The van der Waals surface area contributed by atoms with E-state index >= 15 is 0 Å². The lowest BCUT2D eigenvalue weighted by molar-refractivity contribution is 0.0926. The SMILES string of the molecule is O=C1c2ccccc2C(=O)N1c1ccccc1C(=O)N(c1ccccc1)c1ccc2ccccc2c1. The number of benzene rings is 5. The van der Waals surface area contributed by atoms with E-state index in [0.717, 1.165) is 15.7 Å². The van der Waals surface area contributed by atoms with Crippen LogP contribution in [0.25, 0.3) is 10.8 Å². The van der Waals surface area contributed by atoms with Crippen LogP contribution in [0.5, 0.6) is 0 Å². The predicted molar refractivity (Wildman–Crippen MR) is 141 cm³/mol. The minimum Gasteiger partial charge on any atom is -0.277 e. The number of fused-ring (bicyclic) bond motifs is 2. The lowest BCUT2D eigenvalue weighted by atomic mass is 10.1. The van der Waals surface area contributed by atoms with Gasteiger partial charge in [-0.2, -0.15) is 0 Å². The maximum Gasteiger partial charge on any atom is 0.266 e. The first-order valence-electron chi connectivity index (χ1n) is 11.6. The van der Waals surface area contributed by atoms with E-state index in [0.29, 0.717) is 22.5 Å². The van der Waals surface area contributed by atoms with Gasteiger partial charge in [0, 0.05) is 11.4 Å². The maximum absolute atomic E-state index is 14.2. The predicted octanol–water partition coefficient (Wildman–Crippen LogP) is 6.62. The zero-order valence-electron chi connectivity index (χ0n) is 19.2. The Kier molecular flexibility index (Phi) is 5.16. The van der Waals surface area contributed by atoms with Crippen LogP contribution in [0, 0.1) is 0 Å². The molecule has 0 saturated carbocycles.